The zero-order valence-corrected chi connectivity index (χ0v) is 14.5. The molecular weight excluding hydrogens is 260 g/mol. The van der Waals surface area contributed by atoms with Crippen LogP contribution in [0.25, 0.3) is 0 Å². The molecule has 3 nitrogen and oxygen atoms in total. The Hall–Kier alpha value is -0.570. The van der Waals surface area contributed by atoms with Crippen molar-refractivity contribution in [2.24, 2.45) is 34.8 Å². The fourth-order valence-corrected chi connectivity index (χ4v) is 4.30. The first-order valence-electron chi connectivity index (χ1n) is 8.79. The van der Waals surface area contributed by atoms with Crippen molar-refractivity contribution in [3.8, 4) is 0 Å². The molecule has 0 aliphatic heterocycles. The molecule has 3 N–H and O–H groups in total. The molecule has 0 aromatic heterocycles. The first-order valence-corrected chi connectivity index (χ1v) is 8.79. The van der Waals surface area contributed by atoms with Gasteiger partial charge in [-0.1, -0.05) is 34.6 Å². The molecule has 21 heavy (non-hydrogen) atoms. The van der Waals surface area contributed by atoms with Crippen molar-refractivity contribution in [2.45, 2.75) is 78.8 Å². The Morgan fingerprint density at radius 3 is 2.33 bits per heavy atom. The molecule has 0 saturated heterocycles. The van der Waals surface area contributed by atoms with Crippen LogP contribution in [0.2, 0.25) is 0 Å². The molecule has 2 saturated carbocycles. The Morgan fingerprint density at radius 1 is 1.05 bits per heavy atom. The van der Waals surface area contributed by atoms with Gasteiger partial charge in [-0.3, -0.25) is 4.79 Å². The van der Waals surface area contributed by atoms with Crippen molar-refractivity contribution in [2.75, 3.05) is 0 Å². The van der Waals surface area contributed by atoms with Gasteiger partial charge in [0.2, 0.25) is 5.91 Å². The number of hydrogen-bond acceptors (Lipinski definition) is 2. The number of carbonyl (C=O) groups excluding carboxylic acids is 1. The minimum Gasteiger partial charge on any atom is -0.353 e. The largest absolute Gasteiger partial charge is 0.353 e. The lowest BCUT2D eigenvalue weighted by Gasteiger charge is -2.46. The standard InChI is InChI=1S/C18H34N2O/c1-11-6-7-14(10-12(11)2)20-17(21)15-8-9-16(19)13(3)18(15,4)5/h11-16H,6-10,19H2,1-5H3,(H,20,21). The fourth-order valence-electron chi connectivity index (χ4n) is 4.30. The van der Waals surface area contributed by atoms with E-state index in [2.05, 4.69) is 39.9 Å². The lowest BCUT2D eigenvalue weighted by atomic mass is 9.61. The molecule has 0 heterocycles. The predicted molar refractivity (Wildman–Crippen MR) is 87.8 cm³/mol. The highest BCUT2D eigenvalue weighted by Gasteiger charge is 2.45. The van der Waals surface area contributed by atoms with Gasteiger partial charge < -0.3 is 11.1 Å². The van der Waals surface area contributed by atoms with Crippen molar-refractivity contribution < 1.29 is 4.79 Å². The van der Waals surface area contributed by atoms with Crippen molar-refractivity contribution in [1.82, 2.24) is 5.32 Å². The van der Waals surface area contributed by atoms with Crippen LogP contribution in [0.5, 0.6) is 0 Å². The third-order valence-electron chi connectivity index (χ3n) is 6.76. The van der Waals surface area contributed by atoms with E-state index >= 15 is 0 Å². The van der Waals surface area contributed by atoms with E-state index in [1.807, 2.05) is 0 Å². The smallest absolute Gasteiger partial charge is 0.223 e. The summed E-state index contributed by atoms with van der Waals surface area (Å²) in [6, 6.07) is 0.616. The van der Waals surface area contributed by atoms with E-state index < -0.39 is 0 Å². The summed E-state index contributed by atoms with van der Waals surface area (Å²) in [5.41, 5.74) is 6.20. The molecular formula is C18H34N2O. The van der Waals surface area contributed by atoms with Crippen molar-refractivity contribution >= 4 is 5.91 Å². The Morgan fingerprint density at radius 2 is 1.71 bits per heavy atom. The van der Waals surface area contributed by atoms with Crippen LogP contribution in [-0.4, -0.2) is 18.0 Å². The summed E-state index contributed by atoms with van der Waals surface area (Å²) < 4.78 is 0. The number of carbonyl (C=O) groups is 1. The van der Waals surface area contributed by atoms with Gasteiger partial charge in [0.25, 0.3) is 0 Å². The van der Waals surface area contributed by atoms with E-state index in [1.165, 1.54) is 6.42 Å². The Labute approximate surface area is 130 Å². The van der Waals surface area contributed by atoms with Gasteiger partial charge in [0.1, 0.15) is 0 Å². The van der Waals surface area contributed by atoms with Gasteiger partial charge in [0.05, 0.1) is 0 Å². The molecule has 2 rings (SSSR count). The van der Waals surface area contributed by atoms with Gasteiger partial charge in [0, 0.05) is 18.0 Å². The van der Waals surface area contributed by atoms with Crippen LogP contribution in [0.3, 0.4) is 0 Å². The molecule has 6 unspecified atom stereocenters. The summed E-state index contributed by atoms with van der Waals surface area (Å²) in [6.45, 7) is 11.3. The molecule has 6 atom stereocenters. The minimum absolute atomic E-state index is 0.00464. The minimum atomic E-state index is -0.00464. The summed E-state index contributed by atoms with van der Waals surface area (Å²) in [4.78, 5) is 12.8. The van der Waals surface area contributed by atoms with Crippen LogP contribution in [0, 0.1) is 29.1 Å². The summed E-state index contributed by atoms with van der Waals surface area (Å²) in [5.74, 6) is 2.29. The zero-order chi connectivity index (χ0) is 15.8. The Balaban J connectivity index is 1.97. The lowest BCUT2D eigenvalue weighted by Crippen LogP contribution is -2.53. The fraction of sp³-hybridized carbons (Fsp3) is 0.944. The second-order valence-electron chi connectivity index (χ2n) is 8.38. The summed E-state index contributed by atoms with van der Waals surface area (Å²) in [5, 5.41) is 3.35. The molecule has 2 aliphatic rings. The molecule has 0 spiro atoms. The highest BCUT2D eigenvalue weighted by Crippen LogP contribution is 2.44. The molecule has 3 heteroatoms. The van der Waals surface area contributed by atoms with Gasteiger partial charge in [-0.15, -0.1) is 0 Å². The first kappa shape index (κ1) is 16.8. The van der Waals surface area contributed by atoms with Crippen molar-refractivity contribution in [3.05, 3.63) is 0 Å². The summed E-state index contributed by atoms with van der Waals surface area (Å²) >= 11 is 0. The average Bonchev–Trinajstić information content (AvgIpc) is 2.40. The zero-order valence-electron chi connectivity index (χ0n) is 14.5. The van der Waals surface area contributed by atoms with Gasteiger partial charge in [-0.05, 0) is 55.3 Å². The van der Waals surface area contributed by atoms with E-state index in [1.54, 1.807) is 0 Å². The number of hydrogen-bond donors (Lipinski definition) is 2. The molecule has 122 valence electrons. The quantitative estimate of drug-likeness (QED) is 0.821. The molecule has 0 radical (unpaired) electrons. The normalized spacial score (nSPS) is 43.3. The summed E-state index contributed by atoms with van der Waals surface area (Å²) in [7, 11) is 0. The first-order chi connectivity index (χ1) is 9.73. The molecule has 0 bridgehead atoms. The molecule has 2 aliphatic carbocycles. The van der Waals surface area contributed by atoms with Crippen LogP contribution in [-0.2, 0) is 4.79 Å². The van der Waals surface area contributed by atoms with E-state index in [-0.39, 0.29) is 23.3 Å². The van der Waals surface area contributed by atoms with Crippen molar-refractivity contribution in [3.63, 3.8) is 0 Å². The van der Waals surface area contributed by atoms with Crippen LogP contribution >= 0.6 is 0 Å². The van der Waals surface area contributed by atoms with Crippen LogP contribution < -0.4 is 11.1 Å². The topological polar surface area (TPSA) is 55.1 Å². The SMILES string of the molecule is CC1CCC(NC(=O)C2CCC(N)C(C)C2(C)C)CC1C. The van der Waals surface area contributed by atoms with Gasteiger partial charge in [0.15, 0.2) is 0 Å². The predicted octanol–water partition coefficient (Wildman–Crippen LogP) is 3.33. The second kappa shape index (κ2) is 6.28. The van der Waals surface area contributed by atoms with Gasteiger partial charge >= 0.3 is 0 Å². The van der Waals surface area contributed by atoms with Gasteiger partial charge in [-0.2, -0.15) is 0 Å². The third kappa shape index (κ3) is 3.44. The number of rotatable bonds is 2. The Bertz CT molecular complexity index is 379. The van der Waals surface area contributed by atoms with Gasteiger partial charge in [-0.25, -0.2) is 0 Å². The van der Waals surface area contributed by atoms with E-state index in [4.69, 9.17) is 5.73 Å². The van der Waals surface area contributed by atoms with E-state index in [0.29, 0.717) is 12.0 Å². The number of nitrogens with one attached hydrogen (secondary N) is 1. The second-order valence-corrected chi connectivity index (χ2v) is 8.38. The van der Waals surface area contributed by atoms with E-state index in [0.717, 1.165) is 37.5 Å². The van der Waals surface area contributed by atoms with Crippen LogP contribution in [0.4, 0.5) is 0 Å². The highest BCUT2D eigenvalue weighted by molar-refractivity contribution is 5.80. The average molecular weight is 294 g/mol. The third-order valence-corrected chi connectivity index (χ3v) is 6.76. The molecule has 2 fully saturated rings. The maximum absolute atomic E-state index is 12.8. The summed E-state index contributed by atoms with van der Waals surface area (Å²) in [6.07, 6.45) is 5.42. The maximum atomic E-state index is 12.8. The number of amides is 1. The molecule has 0 aromatic rings. The van der Waals surface area contributed by atoms with Crippen molar-refractivity contribution in [1.29, 1.82) is 0 Å². The molecule has 1 amide bonds. The monoisotopic (exact) mass is 294 g/mol. The Kier molecular flexibility index (Phi) is 5.02. The maximum Gasteiger partial charge on any atom is 0.223 e. The highest BCUT2D eigenvalue weighted by atomic mass is 16.2. The number of nitrogens with two attached hydrogens (primary N) is 1. The van der Waals surface area contributed by atoms with Crippen LogP contribution in [0.1, 0.15) is 66.7 Å². The lowest BCUT2D eigenvalue weighted by molar-refractivity contribution is -0.133. The molecule has 0 aromatic carbocycles. The van der Waals surface area contributed by atoms with E-state index in [9.17, 15) is 4.79 Å². The van der Waals surface area contributed by atoms with Crippen LogP contribution in [0.15, 0.2) is 0 Å².